The van der Waals surface area contributed by atoms with E-state index in [2.05, 4.69) is 14.8 Å². The highest BCUT2D eigenvalue weighted by Crippen LogP contribution is 2.14. The molecule has 1 saturated heterocycles. The molecule has 0 aliphatic carbocycles. The van der Waals surface area contributed by atoms with Crippen LogP contribution in [-0.4, -0.2) is 79.0 Å². The van der Waals surface area contributed by atoms with Gasteiger partial charge in [0.05, 0.1) is 12.6 Å². The summed E-state index contributed by atoms with van der Waals surface area (Å²) in [4.78, 5) is 4.09. The second kappa shape index (κ2) is 7.65. The van der Waals surface area contributed by atoms with Gasteiger partial charge in [0.25, 0.3) is 0 Å². The number of halogens is 3. The predicted molar refractivity (Wildman–Crippen MR) is 67.8 cm³/mol. The molecule has 0 spiro atoms. The molecular weight excluding hydrogens is 277 g/mol. The van der Waals surface area contributed by atoms with Gasteiger partial charge in [-0.05, 0) is 6.92 Å². The van der Waals surface area contributed by atoms with Crippen LogP contribution in [0, 0.1) is 0 Å². The molecule has 20 heavy (non-hydrogen) atoms. The van der Waals surface area contributed by atoms with Gasteiger partial charge in [0.2, 0.25) is 0 Å². The van der Waals surface area contributed by atoms with E-state index in [9.17, 15) is 13.2 Å². The normalized spacial score (nSPS) is 21.1. The molecule has 118 valence electrons. The summed E-state index contributed by atoms with van der Waals surface area (Å²) in [6.45, 7) is 4.06. The number of piperazine rings is 1. The fourth-order valence-corrected chi connectivity index (χ4v) is 2.03. The van der Waals surface area contributed by atoms with E-state index in [-0.39, 0.29) is 18.5 Å². The Morgan fingerprint density at radius 3 is 2.45 bits per heavy atom. The smallest absolute Gasteiger partial charge is 0.409 e. The Morgan fingerprint density at radius 1 is 1.35 bits per heavy atom. The molecule has 0 radical (unpaired) electrons. The Hall–Kier alpha value is -1.06. The van der Waals surface area contributed by atoms with Crippen molar-refractivity contribution in [3.8, 4) is 0 Å². The van der Waals surface area contributed by atoms with Crippen molar-refractivity contribution in [1.82, 2.24) is 9.80 Å². The maximum Gasteiger partial charge on any atom is 0.411 e. The number of oxime groups is 1. The third-order valence-electron chi connectivity index (χ3n) is 3.32. The number of nitrogens with zero attached hydrogens (tertiary/aromatic N) is 3. The first kappa shape index (κ1) is 17.0. The minimum absolute atomic E-state index is 0.0648. The quantitative estimate of drug-likeness (QED) is 0.243. The van der Waals surface area contributed by atoms with Gasteiger partial charge in [-0.15, -0.1) is 0 Å². The lowest BCUT2D eigenvalue weighted by molar-refractivity contribution is -0.174. The summed E-state index contributed by atoms with van der Waals surface area (Å²) in [5.41, 5.74) is 5.54. The average Bonchev–Trinajstić information content (AvgIpc) is 2.41. The molecular formula is C11H21F3N4O2. The van der Waals surface area contributed by atoms with Crippen LogP contribution < -0.4 is 5.73 Å². The summed E-state index contributed by atoms with van der Waals surface area (Å²) in [6, 6.07) is -0.149. The number of hydrogen-bond acceptors (Lipinski definition) is 5. The van der Waals surface area contributed by atoms with Gasteiger partial charge in [0, 0.05) is 32.7 Å². The van der Waals surface area contributed by atoms with Crippen molar-refractivity contribution in [3.63, 3.8) is 0 Å². The van der Waals surface area contributed by atoms with Crippen LogP contribution in [-0.2, 0) is 4.74 Å². The van der Waals surface area contributed by atoms with Crippen LogP contribution in [0.5, 0.6) is 0 Å². The summed E-state index contributed by atoms with van der Waals surface area (Å²) >= 11 is 0. The SMILES string of the molecule is CC(C(N)=NO)N1CCN(CCOCC(F)(F)F)CC1. The van der Waals surface area contributed by atoms with Gasteiger partial charge in [0.1, 0.15) is 6.61 Å². The second-order valence-electron chi connectivity index (χ2n) is 4.75. The molecule has 9 heteroatoms. The van der Waals surface area contributed by atoms with E-state index in [1.54, 1.807) is 0 Å². The van der Waals surface area contributed by atoms with Gasteiger partial charge < -0.3 is 15.7 Å². The van der Waals surface area contributed by atoms with E-state index in [1.165, 1.54) is 0 Å². The van der Waals surface area contributed by atoms with E-state index in [0.717, 1.165) is 26.2 Å². The molecule has 1 unspecified atom stereocenters. The van der Waals surface area contributed by atoms with E-state index >= 15 is 0 Å². The van der Waals surface area contributed by atoms with Crippen molar-refractivity contribution in [3.05, 3.63) is 0 Å². The summed E-state index contributed by atoms with van der Waals surface area (Å²) in [5.74, 6) is 0.159. The summed E-state index contributed by atoms with van der Waals surface area (Å²) in [5, 5.41) is 11.6. The molecule has 1 atom stereocenters. The van der Waals surface area contributed by atoms with E-state index in [0.29, 0.717) is 6.54 Å². The molecule has 0 bridgehead atoms. The molecule has 0 amide bonds. The van der Waals surface area contributed by atoms with Gasteiger partial charge in [-0.25, -0.2) is 0 Å². The third kappa shape index (κ3) is 5.93. The molecule has 1 aliphatic rings. The number of ether oxygens (including phenoxy) is 1. The Kier molecular flexibility index (Phi) is 6.50. The number of amidine groups is 1. The largest absolute Gasteiger partial charge is 0.411 e. The molecule has 1 aliphatic heterocycles. The zero-order valence-electron chi connectivity index (χ0n) is 11.4. The molecule has 0 saturated carbocycles. The van der Waals surface area contributed by atoms with Crippen molar-refractivity contribution in [1.29, 1.82) is 0 Å². The molecule has 3 N–H and O–H groups in total. The third-order valence-corrected chi connectivity index (χ3v) is 3.32. The minimum atomic E-state index is -4.27. The van der Waals surface area contributed by atoms with Gasteiger partial charge in [-0.3, -0.25) is 9.80 Å². The zero-order valence-corrected chi connectivity index (χ0v) is 11.4. The second-order valence-corrected chi connectivity index (χ2v) is 4.75. The number of hydrogen-bond donors (Lipinski definition) is 2. The van der Waals surface area contributed by atoms with E-state index in [1.807, 2.05) is 11.8 Å². The van der Waals surface area contributed by atoms with Gasteiger partial charge in [-0.1, -0.05) is 5.16 Å². The molecule has 0 aromatic rings. The lowest BCUT2D eigenvalue weighted by Crippen LogP contribution is -2.53. The lowest BCUT2D eigenvalue weighted by atomic mass is 10.2. The molecule has 0 aromatic carbocycles. The molecule has 1 heterocycles. The Morgan fingerprint density at radius 2 is 1.95 bits per heavy atom. The van der Waals surface area contributed by atoms with Crippen molar-refractivity contribution >= 4 is 5.84 Å². The van der Waals surface area contributed by atoms with Crippen LogP contribution >= 0.6 is 0 Å². The summed E-state index contributed by atoms with van der Waals surface area (Å²) < 4.78 is 40.2. The fraction of sp³-hybridized carbons (Fsp3) is 0.909. The molecule has 1 fully saturated rings. The standard InChI is InChI=1S/C11H21F3N4O2/c1-9(10(15)16-19)18-4-2-17(3-5-18)6-7-20-8-11(12,13)14/h9,19H,2-8H2,1H3,(H2,15,16). The highest BCUT2D eigenvalue weighted by molar-refractivity contribution is 5.84. The van der Waals surface area contributed by atoms with Crippen molar-refractivity contribution in [2.45, 2.75) is 19.1 Å². The van der Waals surface area contributed by atoms with Crippen LogP contribution in [0.4, 0.5) is 13.2 Å². The van der Waals surface area contributed by atoms with Crippen molar-refractivity contribution < 1.29 is 23.1 Å². The summed E-state index contributed by atoms with van der Waals surface area (Å²) in [6.07, 6.45) is -4.27. The Balaban J connectivity index is 2.19. The fourth-order valence-electron chi connectivity index (χ4n) is 2.03. The van der Waals surface area contributed by atoms with Gasteiger partial charge in [-0.2, -0.15) is 13.2 Å². The highest BCUT2D eigenvalue weighted by atomic mass is 19.4. The summed E-state index contributed by atoms with van der Waals surface area (Å²) in [7, 11) is 0. The van der Waals surface area contributed by atoms with E-state index < -0.39 is 12.8 Å². The topological polar surface area (TPSA) is 74.3 Å². The molecule has 0 aromatic heterocycles. The van der Waals surface area contributed by atoms with Crippen LogP contribution in [0.2, 0.25) is 0 Å². The van der Waals surface area contributed by atoms with Crippen LogP contribution in [0.15, 0.2) is 5.16 Å². The zero-order chi connectivity index (χ0) is 15.2. The van der Waals surface area contributed by atoms with E-state index in [4.69, 9.17) is 10.9 Å². The maximum absolute atomic E-state index is 11.9. The van der Waals surface area contributed by atoms with Gasteiger partial charge in [0.15, 0.2) is 5.84 Å². The number of nitrogens with two attached hydrogens (primary N) is 1. The number of alkyl halides is 3. The lowest BCUT2D eigenvalue weighted by Gasteiger charge is -2.37. The Bertz CT molecular complexity index is 317. The minimum Gasteiger partial charge on any atom is -0.409 e. The Labute approximate surface area is 115 Å². The molecule has 6 nitrogen and oxygen atoms in total. The highest BCUT2D eigenvalue weighted by Gasteiger charge is 2.27. The maximum atomic E-state index is 11.9. The predicted octanol–water partition coefficient (Wildman–Crippen LogP) is 0.318. The monoisotopic (exact) mass is 298 g/mol. The first-order valence-corrected chi connectivity index (χ1v) is 6.42. The number of rotatable bonds is 6. The first-order valence-electron chi connectivity index (χ1n) is 6.42. The van der Waals surface area contributed by atoms with Crippen molar-refractivity contribution in [2.75, 3.05) is 45.9 Å². The van der Waals surface area contributed by atoms with Crippen LogP contribution in [0.25, 0.3) is 0 Å². The van der Waals surface area contributed by atoms with Crippen LogP contribution in [0.1, 0.15) is 6.92 Å². The first-order chi connectivity index (χ1) is 9.33. The van der Waals surface area contributed by atoms with Crippen LogP contribution in [0.3, 0.4) is 0 Å². The average molecular weight is 298 g/mol. The van der Waals surface area contributed by atoms with Gasteiger partial charge >= 0.3 is 6.18 Å². The van der Waals surface area contributed by atoms with Crippen molar-refractivity contribution in [2.24, 2.45) is 10.9 Å². The molecule has 1 rings (SSSR count).